The highest BCUT2D eigenvalue weighted by molar-refractivity contribution is 5.30. The molecule has 2 aliphatic carbocycles. The summed E-state index contributed by atoms with van der Waals surface area (Å²) in [5.74, 6) is 0.0837. The lowest BCUT2D eigenvalue weighted by molar-refractivity contribution is 0.221. The first-order chi connectivity index (χ1) is 15.0. The largest absolute Gasteiger partial charge is 0.207 e. The van der Waals surface area contributed by atoms with Crippen LogP contribution in [0.3, 0.4) is 0 Å². The van der Waals surface area contributed by atoms with Gasteiger partial charge in [0.05, 0.1) is 0 Å². The molecule has 0 saturated heterocycles. The predicted octanol–water partition coefficient (Wildman–Crippen LogP) is 9.63. The molecule has 1 aromatic rings. The van der Waals surface area contributed by atoms with E-state index in [9.17, 15) is 13.2 Å². The maximum Gasteiger partial charge on any atom is 0.164 e. The van der Waals surface area contributed by atoms with Crippen LogP contribution in [0.15, 0.2) is 6.07 Å². The average Bonchev–Trinajstić information content (AvgIpc) is 2.80. The molecule has 3 heteroatoms. The van der Waals surface area contributed by atoms with Gasteiger partial charge in [-0.2, -0.15) is 0 Å². The van der Waals surface area contributed by atoms with Crippen molar-refractivity contribution in [3.63, 3.8) is 0 Å². The minimum Gasteiger partial charge on any atom is -0.207 e. The second kappa shape index (κ2) is 12.3. The number of rotatable bonds is 10. The van der Waals surface area contributed by atoms with Gasteiger partial charge in [-0.3, -0.25) is 0 Å². The molecule has 31 heavy (non-hydrogen) atoms. The van der Waals surface area contributed by atoms with Crippen molar-refractivity contribution in [2.24, 2.45) is 17.8 Å². The van der Waals surface area contributed by atoms with E-state index >= 15 is 0 Å². The summed E-state index contributed by atoms with van der Waals surface area (Å²) in [5.41, 5.74) is 0.0493. The molecule has 1 aromatic carbocycles. The lowest BCUT2D eigenvalue weighted by atomic mass is 9.73. The van der Waals surface area contributed by atoms with Crippen LogP contribution in [0.5, 0.6) is 0 Å². The first-order valence-electron chi connectivity index (χ1n) is 13.1. The molecule has 0 aromatic heterocycles. The van der Waals surface area contributed by atoms with Gasteiger partial charge in [-0.25, -0.2) is 13.2 Å². The molecule has 0 unspecified atom stereocenters. The SMILES string of the molecule is CCCCCCCC1CCC(CCC2CCC(c3cc(F)c(C)c(F)c3F)CC2)CC1. The highest BCUT2D eigenvalue weighted by atomic mass is 19.2. The molecule has 2 fully saturated rings. The van der Waals surface area contributed by atoms with Crippen molar-refractivity contribution in [2.45, 2.75) is 122 Å². The lowest BCUT2D eigenvalue weighted by Crippen LogP contribution is -2.18. The van der Waals surface area contributed by atoms with E-state index in [-0.39, 0.29) is 17.0 Å². The Morgan fingerprint density at radius 3 is 1.77 bits per heavy atom. The molecule has 0 radical (unpaired) electrons. The highest BCUT2D eigenvalue weighted by Crippen LogP contribution is 2.41. The van der Waals surface area contributed by atoms with Crippen LogP contribution in [0.2, 0.25) is 0 Å². The van der Waals surface area contributed by atoms with Gasteiger partial charge in [0.15, 0.2) is 11.6 Å². The Morgan fingerprint density at radius 2 is 1.19 bits per heavy atom. The van der Waals surface area contributed by atoms with Crippen LogP contribution in [0.25, 0.3) is 0 Å². The van der Waals surface area contributed by atoms with Gasteiger partial charge < -0.3 is 0 Å². The zero-order valence-electron chi connectivity index (χ0n) is 19.8. The summed E-state index contributed by atoms with van der Waals surface area (Å²) in [6.45, 7) is 3.58. The van der Waals surface area contributed by atoms with Gasteiger partial charge >= 0.3 is 0 Å². The van der Waals surface area contributed by atoms with Gasteiger partial charge in [0.2, 0.25) is 0 Å². The second-order valence-corrected chi connectivity index (χ2v) is 10.6. The van der Waals surface area contributed by atoms with E-state index in [4.69, 9.17) is 0 Å². The summed E-state index contributed by atoms with van der Waals surface area (Å²) >= 11 is 0. The third-order valence-electron chi connectivity index (χ3n) is 8.37. The molecule has 0 amide bonds. The summed E-state index contributed by atoms with van der Waals surface area (Å²) in [6, 6.07) is 1.24. The first kappa shape index (κ1) is 24.6. The van der Waals surface area contributed by atoms with Crippen LogP contribution in [0.4, 0.5) is 13.2 Å². The van der Waals surface area contributed by atoms with E-state index in [1.165, 1.54) is 90.0 Å². The van der Waals surface area contributed by atoms with Crippen LogP contribution in [-0.2, 0) is 0 Å². The van der Waals surface area contributed by atoms with Crippen molar-refractivity contribution in [3.8, 4) is 0 Å². The molecule has 0 N–H and O–H groups in total. The van der Waals surface area contributed by atoms with Crippen molar-refractivity contribution < 1.29 is 13.2 Å². The fraction of sp³-hybridized carbons (Fsp3) is 0.786. The third-order valence-corrected chi connectivity index (χ3v) is 8.37. The van der Waals surface area contributed by atoms with E-state index in [2.05, 4.69) is 6.92 Å². The van der Waals surface area contributed by atoms with Crippen LogP contribution in [0, 0.1) is 42.1 Å². The van der Waals surface area contributed by atoms with E-state index in [0.29, 0.717) is 5.92 Å². The molecular weight excluding hydrogens is 393 g/mol. The first-order valence-corrected chi connectivity index (χ1v) is 13.1. The van der Waals surface area contributed by atoms with Crippen molar-refractivity contribution in [3.05, 3.63) is 34.6 Å². The Bertz CT molecular complexity index is 667. The number of hydrogen-bond donors (Lipinski definition) is 0. The standard InChI is InChI=1S/C28H43F3/c1-3-4-5-6-7-8-21-9-11-22(12-10-21)13-14-23-15-17-24(18-16-23)25-19-26(29)20(2)27(30)28(25)31/h19,21-24H,3-18H2,1-2H3. The maximum atomic E-state index is 14.3. The zero-order valence-corrected chi connectivity index (χ0v) is 19.8. The normalized spacial score (nSPS) is 26.9. The number of halogens is 3. The van der Waals surface area contributed by atoms with Crippen LogP contribution < -0.4 is 0 Å². The Balaban J connectivity index is 1.34. The molecule has 0 heterocycles. The van der Waals surface area contributed by atoms with Gasteiger partial charge in [0, 0.05) is 5.56 Å². The molecule has 0 atom stereocenters. The molecule has 0 spiro atoms. The Morgan fingerprint density at radius 1 is 0.677 bits per heavy atom. The number of hydrogen-bond acceptors (Lipinski definition) is 0. The van der Waals surface area contributed by atoms with E-state index in [1.54, 1.807) is 0 Å². The molecule has 2 aliphatic rings. The quantitative estimate of drug-likeness (QED) is 0.253. The molecule has 2 saturated carbocycles. The summed E-state index contributed by atoms with van der Waals surface area (Å²) in [4.78, 5) is 0. The minimum absolute atomic E-state index is 0.0337. The topological polar surface area (TPSA) is 0 Å². The lowest BCUT2D eigenvalue weighted by Gasteiger charge is -2.32. The van der Waals surface area contributed by atoms with Crippen molar-refractivity contribution in [1.82, 2.24) is 0 Å². The minimum atomic E-state index is -1.01. The fourth-order valence-electron chi connectivity index (χ4n) is 6.08. The van der Waals surface area contributed by atoms with Gasteiger partial charge in [0.25, 0.3) is 0 Å². The summed E-state index contributed by atoms with van der Waals surface area (Å²) in [5, 5.41) is 0. The summed E-state index contributed by atoms with van der Waals surface area (Å²) in [6.07, 6.45) is 20.5. The Hall–Kier alpha value is -0.990. The average molecular weight is 437 g/mol. The Labute approximate surface area is 188 Å². The van der Waals surface area contributed by atoms with Gasteiger partial charge in [-0.05, 0) is 67.9 Å². The molecule has 176 valence electrons. The summed E-state index contributed by atoms with van der Waals surface area (Å²) < 4.78 is 42.2. The number of benzene rings is 1. The molecule has 0 aliphatic heterocycles. The molecule has 3 rings (SSSR count). The third kappa shape index (κ3) is 6.99. The predicted molar refractivity (Wildman–Crippen MR) is 124 cm³/mol. The van der Waals surface area contributed by atoms with Gasteiger partial charge in [-0.1, -0.05) is 84.0 Å². The van der Waals surface area contributed by atoms with E-state index < -0.39 is 17.5 Å². The second-order valence-electron chi connectivity index (χ2n) is 10.6. The van der Waals surface area contributed by atoms with Crippen LogP contribution in [0.1, 0.15) is 127 Å². The fourth-order valence-corrected chi connectivity index (χ4v) is 6.08. The smallest absolute Gasteiger partial charge is 0.164 e. The zero-order chi connectivity index (χ0) is 22.2. The molecule has 0 nitrogen and oxygen atoms in total. The Kier molecular flexibility index (Phi) is 9.78. The van der Waals surface area contributed by atoms with Gasteiger partial charge in [0.1, 0.15) is 5.82 Å². The molecular formula is C28H43F3. The van der Waals surface area contributed by atoms with Crippen LogP contribution in [-0.4, -0.2) is 0 Å². The van der Waals surface area contributed by atoms with E-state index in [0.717, 1.165) is 37.5 Å². The monoisotopic (exact) mass is 436 g/mol. The number of unbranched alkanes of at least 4 members (excludes halogenated alkanes) is 4. The molecule has 0 bridgehead atoms. The highest BCUT2D eigenvalue weighted by Gasteiger charge is 2.28. The summed E-state index contributed by atoms with van der Waals surface area (Å²) in [7, 11) is 0. The van der Waals surface area contributed by atoms with Crippen molar-refractivity contribution >= 4 is 0 Å². The van der Waals surface area contributed by atoms with Crippen molar-refractivity contribution in [2.75, 3.05) is 0 Å². The maximum absolute atomic E-state index is 14.3. The van der Waals surface area contributed by atoms with Crippen LogP contribution >= 0.6 is 0 Å². The van der Waals surface area contributed by atoms with Crippen molar-refractivity contribution in [1.29, 1.82) is 0 Å². The van der Waals surface area contributed by atoms with E-state index in [1.807, 2.05) is 0 Å². The van der Waals surface area contributed by atoms with Gasteiger partial charge in [-0.15, -0.1) is 0 Å².